The van der Waals surface area contributed by atoms with Crippen LogP contribution in [0.25, 0.3) is 0 Å². The van der Waals surface area contributed by atoms with Crippen molar-refractivity contribution in [3.05, 3.63) is 33.6 Å². The van der Waals surface area contributed by atoms with Crippen molar-refractivity contribution in [2.45, 2.75) is 20.4 Å². The Balaban J connectivity index is 2.23. The fourth-order valence-electron chi connectivity index (χ4n) is 2.60. The average Bonchev–Trinajstić information content (AvgIpc) is 2.87. The summed E-state index contributed by atoms with van der Waals surface area (Å²) in [5.41, 5.74) is 0.909. The molecule has 140 valence electrons. The number of aromatic nitrogens is 2. The number of amides is 1. The lowest BCUT2D eigenvalue weighted by atomic mass is 10.2. The van der Waals surface area contributed by atoms with E-state index in [-0.39, 0.29) is 17.9 Å². The summed E-state index contributed by atoms with van der Waals surface area (Å²) in [6.45, 7) is 2.90. The predicted octanol–water partition coefficient (Wildman–Crippen LogP) is 2.07. The Labute approximate surface area is 149 Å². The van der Waals surface area contributed by atoms with Gasteiger partial charge in [0.1, 0.15) is 17.9 Å². The van der Waals surface area contributed by atoms with E-state index in [0.29, 0.717) is 28.6 Å². The topological polar surface area (TPSA) is 118 Å². The summed E-state index contributed by atoms with van der Waals surface area (Å²) in [5, 5.41) is 17.8. The minimum atomic E-state index is -0.509. The molecule has 1 heterocycles. The number of ether oxygens (including phenoxy) is 3. The third kappa shape index (κ3) is 3.68. The molecule has 0 saturated heterocycles. The van der Waals surface area contributed by atoms with E-state index in [9.17, 15) is 14.9 Å². The van der Waals surface area contributed by atoms with E-state index in [1.807, 2.05) is 0 Å². The van der Waals surface area contributed by atoms with Gasteiger partial charge in [0.15, 0.2) is 11.5 Å². The summed E-state index contributed by atoms with van der Waals surface area (Å²) in [6, 6.07) is 3.17. The van der Waals surface area contributed by atoms with Crippen molar-refractivity contribution >= 4 is 17.3 Å². The van der Waals surface area contributed by atoms with E-state index in [0.717, 1.165) is 0 Å². The highest BCUT2D eigenvalue weighted by Crippen LogP contribution is 2.39. The molecule has 0 radical (unpaired) electrons. The van der Waals surface area contributed by atoms with E-state index in [1.54, 1.807) is 19.1 Å². The lowest BCUT2D eigenvalue weighted by Crippen LogP contribution is -2.20. The molecular formula is C16H20N4O6. The third-order valence-electron chi connectivity index (χ3n) is 3.77. The zero-order valence-corrected chi connectivity index (χ0v) is 15.2. The molecule has 0 unspecified atom stereocenters. The first kappa shape index (κ1) is 19.0. The molecule has 10 nitrogen and oxygen atoms in total. The zero-order chi connectivity index (χ0) is 19.4. The van der Waals surface area contributed by atoms with Crippen molar-refractivity contribution < 1.29 is 23.9 Å². The van der Waals surface area contributed by atoms with Crippen molar-refractivity contribution in [3.8, 4) is 17.2 Å². The number of aryl methyl sites for hydroxylation is 1. The van der Waals surface area contributed by atoms with Crippen LogP contribution in [0.3, 0.4) is 0 Å². The first-order valence-electron chi connectivity index (χ1n) is 7.60. The second-order valence-electron chi connectivity index (χ2n) is 5.40. The summed E-state index contributed by atoms with van der Waals surface area (Å²) in [5.74, 6) is 0.787. The number of carbonyl (C=O) groups is 1. The minimum absolute atomic E-state index is 0.0921. The highest BCUT2D eigenvalue weighted by Gasteiger charge is 2.23. The van der Waals surface area contributed by atoms with Gasteiger partial charge < -0.3 is 19.5 Å². The largest absolute Gasteiger partial charge is 0.493 e. The second kappa shape index (κ2) is 7.72. The molecule has 10 heteroatoms. The van der Waals surface area contributed by atoms with Gasteiger partial charge in [-0.15, -0.1) is 0 Å². The van der Waals surface area contributed by atoms with Gasteiger partial charge in [-0.05, 0) is 13.8 Å². The highest BCUT2D eigenvalue weighted by molar-refractivity contribution is 5.91. The number of anilines is 1. The molecule has 2 aromatic rings. The van der Waals surface area contributed by atoms with E-state index >= 15 is 0 Å². The standard InChI is InChI=1S/C16H20N4O6/c1-9-15(20(22)23)10(2)19(18-9)8-14(21)17-11-6-12(24-3)16(26-5)13(7-11)25-4/h6-7H,8H2,1-5H3,(H,17,21). The van der Waals surface area contributed by atoms with E-state index < -0.39 is 10.8 Å². The number of rotatable bonds is 7. The minimum Gasteiger partial charge on any atom is -0.493 e. The molecule has 1 aromatic carbocycles. The molecule has 0 aliphatic heterocycles. The smallest absolute Gasteiger partial charge is 0.312 e. The van der Waals surface area contributed by atoms with Crippen molar-refractivity contribution in [2.75, 3.05) is 26.6 Å². The quantitative estimate of drug-likeness (QED) is 0.590. The Morgan fingerprint density at radius 1 is 1.19 bits per heavy atom. The Bertz CT molecular complexity index is 821. The lowest BCUT2D eigenvalue weighted by molar-refractivity contribution is -0.386. The summed E-state index contributed by atoms with van der Waals surface area (Å²) < 4.78 is 17.0. The molecule has 0 saturated carbocycles. The molecule has 1 aromatic heterocycles. The number of hydrogen-bond acceptors (Lipinski definition) is 7. The molecule has 0 aliphatic rings. The number of carbonyl (C=O) groups excluding carboxylic acids is 1. The van der Waals surface area contributed by atoms with Gasteiger partial charge in [-0.1, -0.05) is 0 Å². The molecule has 0 aliphatic carbocycles. The van der Waals surface area contributed by atoms with Crippen LogP contribution in [-0.4, -0.2) is 41.9 Å². The fourth-order valence-corrected chi connectivity index (χ4v) is 2.60. The van der Waals surface area contributed by atoms with Gasteiger partial charge in [0.2, 0.25) is 11.7 Å². The molecule has 26 heavy (non-hydrogen) atoms. The van der Waals surface area contributed by atoms with Gasteiger partial charge in [0, 0.05) is 17.8 Å². The highest BCUT2D eigenvalue weighted by atomic mass is 16.6. The normalized spacial score (nSPS) is 10.3. The van der Waals surface area contributed by atoms with Crippen LogP contribution in [0.4, 0.5) is 11.4 Å². The van der Waals surface area contributed by atoms with Crippen LogP contribution in [0.15, 0.2) is 12.1 Å². The molecule has 1 amide bonds. The summed E-state index contributed by atoms with van der Waals surface area (Å²) in [6.07, 6.45) is 0. The van der Waals surface area contributed by atoms with Crippen molar-refractivity contribution in [3.63, 3.8) is 0 Å². The van der Waals surface area contributed by atoms with Crippen LogP contribution in [-0.2, 0) is 11.3 Å². The van der Waals surface area contributed by atoms with Crippen molar-refractivity contribution in [2.24, 2.45) is 0 Å². The SMILES string of the molecule is COc1cc(NC(=O)Cn2nc(C)c([N+](=O)[O-])c2C)cc(OC)c1OC. The summed E-state index contributed by atoms with van der Waals surface area (Å²) in [4.78, 5) is 22.9. The number of hydrogen-bond donors (Lipinski definition) is 1. The van der Waals surface area contributed by atoms with Crippen LogP contribution < -0.4 is 19.5 Å². The predicted molar refractivity (Wildman–Crippen MR) is 93.1 cm³/mol. The van der Waals surface area contributed by atoms with Gasteiger partial charge >= 0.3 is 5.69 Å². The number of nitro groups is 1. The van der Waals surface area contributed by atoms with Crippen molar-refractivity contribution in [1.29, 1.82) is 0 Å². The van der Waals surface area contributed by atoms with Gasteiger partial charge in [0.05, 0.1) is 26.3 Å². The fraction of sp³-hybridized carbons (Fsp3) is 0.375. The summed E-state index contributed by atoms with van der Waals surface area (Å²) >= 11 is 0. The van der Waals surface area contributed by atoms with Crippen LogP contribution in [0, 0.1) is 24.0 Å². The van der Waals surface area contributed by atoms with Crippen LogP contribution in [0.2, 0.25) is 0 Å². The number of methoxy groups -OCH3 is 3. The lowest BCUT2D eigenvalue weighted by Gasteiger charge is -2.14. The first-order valence-corrected chi connectivity index (χ1v) is 7.60. The maximum absolute atomic E-state index is 12.3. The van der Waals surface area contributed by atoms with Crippen LogP contribution in [0.5, 0.6) is 17.2 Å². The number of nitrogens with one attached hydrogen (secondary N) is 1. The van der Waals surface area contributed by atoms with Gasteiger partial charge in [-0.25, -0.2) is 0 Å². The Hall–Kier alpha value is -3.30. The van der Waals surface area contributed by atoms with E-state index in [2.05, 4.69) is 10.4 Å². The van der Waals surface area contributed by atoms with Crippen molar-refractivity contribution in [1.82, 2.24) is 9.78 Å². The molecule has 2 rings (SSSR count). The van der Waals surface area contributed by atoms with Gasteiger partial charge in [-0.2, -0.15) is 5.10 Å². The number of nitrogens with zero attached hydrogens (tertiary/aromatic N) is 3. The maximum Gasteiger partial charge on any atom is 0.312 e. The molecule has 1 N–H and O–H groups in total. The number of benzene rings is 1. The second-order valence-corrected chi connectivity index (χ2v) is 5.40. The van der Waals surface area contributed by atoms with E-state index in [1.165, 1.54) is 32.9 Å². The van der Waals surface area contributed by atoms with Crippen LogP contribution >= 0.6 is 0 Å². The van der Waals surface area contributed by atoms with E-state index in [4.69, 9.17) is 14.2 Å². The Morgan fingerprint density at radius 2 is 1.77 bits per heavy atom. The monoisotopic (exact) mass is 364 g/mol. The first-order chi connectivity index (χ1) is 12.3. The molecule has 0 atom stereocenters. The zero-order valence-electron chi connectivity index (χ0n) is 15.2. The van der Waals surface area contributed by atoms with Crippen LogP contribution in [0.1, 0.15) is 11.4 Å². The average molecular weight is 364 g/mol. The van der Waals surface area contributed by atoms with Gasteiger partial charge in [0.25, 0.3) is 0 Å². The van der Waals surface area contributed by atoms with Gasteiger partial charge in [-0.3, -0.25) is 19.6 Å². The molecule has 0 bridgehead atoms. The third-order valence-corrected chi connectivity index (χ3v) is 3.77. The Morgan fingerprint density at radius 3 is 2.19 bits per heavy atom. The molecule has 0 spiro atoms. The molecular weight excluding hydrogens is 344 g/mol. The molecule has 0 fully saturated rings. The Kier molecular flexibility index (Phi) is 5.65. The maximum atomic E-state index is 12.3. The summed E-state index contributed by atoms with van der Waals surface area (Å²) in [7, 11) is 4.42.